The molecule has 1 aromatic heterocycles. The summed E-state index contributed by atoms with van der Waals surface area (Å²) in [5, 5.41) is 1.05. The van der Waals surface area contributed by atoms with E-state index in [-0.39, 0.29) is 15.4 Å². The summed E-state index contributed by atoms with van der Waals surface area (Å²) in [6, 6.07) is 6.85. The zero-order valence-electron chi connectivity index (χ0n) is 13.1. The molecule has 2 aromatic rings. The lowest BCUT2D eigenvalue weighted by molar-refractivity contribution is -0.139. The van der Waals surface area contributed by atoms with Gasteiger partial charge in [-0.25, -0.2) is 9.59 Å². The summed E-state index contributed by atoms with van der Waals surface area (Å²) < 4.78 is 9.69. The molecule has 0 fully saturated rings. The molecular weight excluding hydrogens is 386 g/mol. The SMILES string of the molecule is COC(=O)C1=C(C(=O)OC)[C@H](c2ccc(Cl)cc2)c2sc(=O)[nH]c2S1. The summed E-state index contributed by atoms with van der Waals surface area (Å²) in [6.45, 7) is 0. The normalized spacial score (nSPS) is 16.4. The fraction of sp³-hybridized carbons (Fsp3) is 0.188. The number of H-pyrrole nitrogens is 1. The number of carbonyl (C=O) groups excluding carboxylic acids is 2. The minimum atomic E-state index is -0.665. The van der Waals surface area contributed by atoms with Crippen LogP contribution in [0.1, 0.15) is 16.4 Å². The highest BCUT2D eigenvalue weighted by Crippen LogP contribution is 2.48. The van der Waals surface area contributed by atoms with Gasteiger partial charge in [0.1, 0.15) is 4.91 Å². The van der Waals surface area contributed by atoms with Crippen molar-refractivity contribution >= 4 is 46.6 Å². The standard InChI is InChI=1S/C16H12ClNO5S2/c1-22-14(19)10-9(7-3-5-8(17)6-4-7)11-13(18-16(21)25-11)24-12(10)15(20)23-2/h3-6,9H,1-2H3,(H,18,21)/t9-/m0/s1. The van der Waals surface area contributed by atoms with Crippen LogP contribution >= 0.6 is 34.7 Å². The number of thiazole rings is 1. The fourth-order valence-electron chi connectivity index (χ4n) is 2.55. The lowest BCUT2D eigenvalue weighted by atomic mass is 9.89. The summed E-state index contributed by atoms with van der Waals surface area (Å²) >= 11 is 7.94. The molecule has 2 heterocycles. The molecule has 3 rings (SSSR count). The average Bonchev–Trinajstić information content (AvgIpc) is 2.99. The second kappa shape index (κ2) is 7.07. The Morgan fingerprint density at radius 2 is 1.76 bits per heavy atom. The van der Waals surface area contributed by atoms with Crippen LogP contribution in [0.3, 0.4) is 0 Å². The van der Waals surface area contributed by atoms with Gasteiger partial charge in [0.05, 0.1) is 35.6 Å². The van der Waals surface area contributed by atoms with Crippen LogP contribution in [0.25, 0.3) is 0 Å². The molecule has 9 heteroatoms. The molecule has 0 amide bonds. The smallest absolute Gasteiger partial charge is 0.345 e. The average molecular weight is 398 g/mol. The van der Waals surface area contributed by atoms with Crippen LogP contribution in [0.2, 0.25) is 5.02 Å². The van der Waals surface area contributed by atoms with E-state index in [1.54, 1.807) is 24.3 Å². The van der Waals surface area contributed by atoms with Crippen molar-refractivity contribution in [2.45, 2.75) is 10.9 Å². The van der Waals surface area contributed by atoms with E-state index >= 15 is 0 Å². The van der Waals surface area contributed by atoms with Crippen LogP contribution in [0.4, 0.5) is 0 Å². The van der Waals surface area contributed by atoms with E-state index < -0.39 is 17.9 Å². The van der Waals surface area contributed by atoms with E-state index in [2.05, 4.69) is 4.98 Å². The highest BCUT2D eigenvalue weighted by Gasteiger charge is 2.39. The number of methoxy groups -OCH3 is 2. The molecule has 0 aliphatic carbocycles. The lowest BCUT2D eigenvalue weighted by Gasteiger charge is -2.25. The number of halogens is 1. The number of hydrogen-bond acceptors (Lipinski definition) is 7. The quantitative estimate of drug-likeness (QED) is 0.801. The van der Waals surface area contributed by atoms with Crippen molar-refractivity contribution < 1.29 is 19.1 Å². The summed E-state index contributed by atoms with van der Waals surface area (Å²) in [4.78, 5) is 39.7. The van der Waals surface area contributed by atoms with Gasteiger partial charge in [0, 0.05) is 5.02 Å². The third kappa shape index (κ3) is 3.24. The van der Waals surface area contributed by atoms with Gasteiger partial charge in [0.15, 0.2) is 0 Å². The third-order valence-corrected chi connectivity index (χ3v) is 6.07. The molecule has 6 nitrogen and oxygen atoms in total. The first kappa shape index (κ1) is 17.8. The molecule has 1 aliphatic rings. The molecule has 1 aromatic carbocycles. The Labute approximate surface area is 155 Å². The van der Waals surface area contributed by atoms with Crippen molar-refractivity contribution in [3.05, 3.63) is 59.9 Å². The number of esters is 2. The predicted molar refractivity (Wildman–Crippen MR) is 95.1 cm³/mol. The van der Waals surface area contributed by atoms with Gasteiger partial charge in [-0.3, -0.25) is 4.79 Å². The first-order valence-electron chi connectivity index (χ1n) is 7.03. The summed E-state index contributed by atoms with van der Waals surface area (Å²) in [7, 11) is 2.47. The highest BCUT2D eigenvalue weighted by atomic mass is 35.5. The van der Waals surface area contributed by atoms with E-state index in [1.165, 1.54) is 14.2 Å². The largest absolute Gasteiger partial charge is 0.466 e. The second-order valence-electron chi connectivity index (χ2n) is 5.02. The fourth-order valence-corrected chi connectivity index (χ4v) is 4.90. The predicted octanol–water partition coefficient (Wildman–Crippen LogP) is 2.93. The van der Waals surface area contributed by atoms with E-state index in [9.17, 15) is 14.4 Å². The minimum absolute atomic E-state index is 0.0934. The first-order chi connectivity index (χ1) is 12.0. The van der Waals surface area contributed by atoms with E-state index in [4.69, 9.17) is 21.1 Å². The summed E-state index contributed by atoms with van der Waals surface area (Å²) in [6.07, 6.45) is 0. The molecule has 0 unspecified atom stereocenters. The maximum Gasteiger partial charge on any atom is 0.345 e. The van der Waals surface area contributed by atoms with Crippen molar-refractivity contribution in [2.75, 3.05) is 14.2 Å². The van der Waals surface area contributed by atoms with Crippen LogP contribution in [0, 0.1) is 0 Å². The number of thioether (sulfide) groups is 1. The molecule has 0 radical (unpaired) electrons. The first-order valence-corrected chi connectivity index (χ1v) is 9.04. The van der Waals surface area contributed by atoms with Crippen molar-refractivity contribution in [2.24, 2.45) is 0 Å². The second-order valence-corrected chi connectivity index (χ2v) is 7.49. The van der Waals surface area contributed by atoms with Gasteiger partial charge in [-0.05, 0) is 17.7 Å². The number of rotatable bonds is 3. The van der Waals surface area contributed by atoms with E-state index in [0.29, 0.717) is 20.5 Å². The minimum Gasteiger partial charge on any atom is -0.466 e. The molecular formula is C16H12ClNO5S2. The molecule has 0 saturated carbocycles. The Balaban J connectivity index is 2.28. The Morgan fingerprint density at radius 1 is 1.12 bits per heavy atom. The zero-order chi connectivity index (χ0) is 18.1. The number of nitrogens with one attached hydrogen (secondary N) is 1. The number of carbonyl (C=O) groups is 2. The van der Waals surface area contributed by atoms with Gasteiger partial charge in [0.25, 0.3) is 0 Å². The Morgan fingerprint density at radius 3 is 2.36 bits per heavy atom. The molecule has 130 valence electrons. The van der Waals surface area contributed by atoms with Gasteiger partial charge in [0.2, 0.25) is 0 Å². The third-order valence-electron chi connectivity index (χ3n) is 3.62. The molecule has 1 N–H and O–H groups in total. The van der Waals surface area contributed by atoms with Gasteiger partial charge in [-0.15, -0.1) is 0 Å². The topological polar surface area (TPSA) is 85.5 Å². The molecule has 0 bridgehead atoms. The monoisotopic (exact) mass is 397 g/mol. The maximum absolute atomic E-state index is 12.5. The van der Waals surface area contributed by atoms with Crippen molar-refractivity contribution in [1.29, 1.82) is 0 Å². The van der Waals surface area contributed by atoms with E-state index in [0.717, 1.165) is 23.1 Å². The molecule has 1 aliphatic heterocycles. The van der Waals surface area contributed by atoms with Crippen LogP contribution in [-0.4, -0.2) is 31.1 Å². The number of ether oxygens (including phenoxy) is 2. The summed E-state index contributed by atoms with van der Waals surface area (Å²) in [5.41, 5.74) is 0.854. The number of fused-ring (bicyclic) bond motifs is 1. The Kier molecular flexibility index (Phi) is 5.03. The number of hydrogen-bond donors (Lipinski definition) is 1. The van der Waals surface area contributed by atoms with Gasteiger partial charge in [-0.2, -0.15) is 0 Å². The lowest BCUT2D eigenvalue weighted by Crippen LogP contribution is -2.22. The Bertz CT molecular complexity index is 929. The van der Waals surface area contributed by atoms with Crippen molar-refractivity contribution in [3.63, 3.8) is 0 Å². The number of aromatic amines is 1. The molecule has 1 atom stereocenters. The molecule has 0 saturated heterocycles. The summed E-state index contributed by atoms with van der Waals surface area (Å²) in [5.74, 6) is -1.94. The maximum atomic E-state index is 12.5. The van der Waals surface area contributed by atoms with Gasteiger partial charge in [-0.1, -0.05) is 46.8 Å². The van der Waals surface area contributed by atoms with Crippen molar-refractivity contribution in [1.82, 2.24) is 4.98 Å². The zero-order valence-corrected chi connectivity index (χ0v) is 15.5. The number of aromatic nitrogens is 1. The van der Waals surface area contributed by atoms with E-state index in [1.807, 2.05) is 0 Å². The van der Waals surface area contributed by atoms with Crippen LogP contribution in [0.15, 0.2) is 44.6 Å². The highest BCUT2D eigenvalue weighted by molar-refractivity contribution is 8.04. The van der Waals surface area contributed by atoms with Crippen molar-refractivity contribution in [3.8, 4) is 0 Å². The molecule has 25 heavy (non-hydrogen) atoms. The molecule has 0 spiro atoms. The van der Waals surface area contributed by atoms with Crippen LogP contribution in [-0.2, 0) is 19.1 Å². The Hall–Kier alpha value is -2.03. The van der Waals surface area contributed by atoms with Crippen LogP contribution < -0.4 is 4.87 Å². The number of benzene rings is 1. The van der Waals surface area contributed by atoms with Gasteiger partial charge >= 0.3 is 16.8 Å². The van der Waals surface area contributed by atoms with Gasteiger partial charge < -0.3 is 14.5 Å². The van der Waals surface area contributed by atoms with Crippen LogP contribution in [0.5, 0.6) is 0 Å².